The Morgan fingerprint density at radius 3 is 2.74 bits per heavy atom. The van der Waals surface area contributed by atoms with Gasteiger partial charge in [-0.15, -0.1) is 0 Å². The van der Waals surface area contributed by atoms with Gasteiger partial charge in [0.1, 0.15) is 11.6 Å². The van der Waals surface area contributed by atoms with Crippen LogP contribution in [-0.4, -0.2) is 11.0 Å². The van der Waals surface area contributed by atoms with Crippen LogP contribution in [0, 0.1) is 12.7 Å². The van der Waals surface area contributed by atoms with E-state index >= 15 is 0 Å². The number of hydrogen-bond acceptors (Lipinski definition) is 2. The van der Waals surface area contributed by atoms with Gasteiger partial charge in [-0.05, 0) is 42.8 Å². The van der Waals surface area contributed by atoms with E-state index in [2.05, 4.69) is 5.32 Å². The summed E-state index contributed by atoms with van der Waals surface area (Å²) in [4.78, 5) is 11.9. The fourth-order valence-electron chi connectivity index (χ4n) is 1.66. The molecule has 98 valence electrons. The van der Waals surface area contributed by atoms with E-state index in [9.17, 15) is 14.3 Å². The molecule has 3 nitrogen and oxygen atoms in total. The highest BCUT2D eigenvalue weighted by Crippen LogP contribution is 2.31. The molecule has 0 saturated heterocycles. The molecule has 5 heteroatoms. The van der Waals surface area contributed by atoms with Crippen molar-refractivity contribution in [2.24, 2.45) is 0 Å². The number of halogens is 2. The number of aryl methyl sites for hydroxylation is 1. The van der Waals surface area contributed by atoms with Crippen LogP contribution in [0.15, 0.2) is 36.4 Å². The zero-order chi connectivity index (χ0) is 14.0. The number of hydrogen-bond donors (Lipinski definition) is 2. The molecule has 2 N–H and O–H groups in total. The SMILES string of the molecule is Cc1cc(Cl)cc(NC(=O)c2cccc(F)c2)c1O. The summed E-state index contributed by atoms with van der Waals surface area (Å²) < 4.78 is 13.0. The van der Waals surface area contributed by atoms with Crippen LogP contribution in [0.25, 0.3) is 0 Å². The van der Waals surface area contributed by atoms with E-state index in [0.29, 0.717) is 10.6 Å². The van der Waals surface area contributed by atoms with Crippen LogP contribution < -0.4 is 5.32 Å². The molecule has 2 rings (SSSR count). The van der Waals surface area contributed by atoms with Crippen molar-refractivity contribution in [3.05, 3.63) is 58.4 Å². The van der Waals surface area contributed by atoms with Gasteiger partial charge in [-0.25, -0.2) is 4.39 Å². The molecule has 0 bridgehead atoms. The Kier molecular flexibility index (Phi) is 3.71. The highest BCUT2D eigenvalue weighted by molar-refractivity contribution is 6.31. The fraction of sp³-hybridized carbons (Fsp3) is 0.0714. The number of phenols is 1. The summed E-state index contributed by atoms with van der Waals surface area (Å²) >= 11 is 5.85. The summed E-state index contributed by atoms with van der Waals surface area (Å²) in [6, 6.07) is 8.29. The second-order valence-electron chi connectivity index (χ2n) is 4.08. The lowest BCUT2D eigenvalue weighted by molar-refractivity contribution is 0.102. The van der Waals surface area contributed by atoms with Crippen LogP contribution in [-0.2, 0) is 0 Å². The Labute approximate surface area is 114 Å². The molecule has 0 saturated carbocycles. The second-order valence-corrected chi connectivity index (χ2v) is 4.52. The van der Waals surface area contributed by atoms with E-state index in [1.54, 1.807) is 13.0 Å². The summed E-state index contributed by atoms with van der Waals surface area (Å²) in [7, 11) is 0. The first-order valence-electron chi connectivity index (χ1n) is 5.53. The Morgan fingerprint density at radius 2 is 2.05 bits per heavy atom. The summed E-state index contributed by atoms with van der Waals surface area (Å²) in [5.74, 6) is -1.08. The first-order valence-corrected chi connectivity index (χ1v) is 5.91. The third kappa shape index (κ3) is 3.03. The number of benzene rings is 2. The monoisotopic (exact) mass is 279 g/mol. The van der Waals surface area contributed by atoms with E-state index in [0.717, 1.165) is 6.07 Å². The molecule has 0 unspecified atom stereocenters. The van der Waals surface area contributed by atoms with E-state index in [1.165, 1.54) is 24.3 Å². The predicted octanol–water partition coefficient (Wildman–Crippen LogP) is 3.75. The number of aromatic hydroxyl groups is 1. The minimum atomic E-state index is -0.517. The first kappa shape index (κ1) is 13.4. The Morgan fingerprint density at radius 1 is 1.32 bits per heavy atom. The van der Waals surface area contributed by atoms with E-state index in [4.69, 9.17) is 11.6 Å². The third-order valence-electron chi connectivity index (χ3n) is 2.60. The molecule has 1 amide bonds. The minimum absolute atomic E-state index is 0.0610. The maximum absolute atomic E-state index is 13.0. The maximum Gasteiger partial charge on any atom is 0.255 e. The largest absolute Gasteiger partial charge is 0.505 e. The molecule has 2 aromatic rings. The Balaban J connectivity index is 2.29. The Bertz CT molecular complexity index is 643. The third-order valence-corrected chi connectivity index (χ3v) is 2.82. The van der Waals surface area contributed by atoms with Gasteiger partial charge in [0, 0.05) is 10.6 Å². The van der Waals surface area contributed by atoms with Crippen LogP contribution >= 0.6 is 11.6 Å². The topological polar surface area (TPSA) is 49.3 Å². The van der Waals surface area contributed by atoms with Gasteiger partial charge in [-0.3, -0.25) is 4.79 Å². The van der Waals surface area contributed by atoms with E-state index in [-0.39, 0.29) is 17.0 Å². The summed E-state index contributed by atoms with van der Waals surface area (Å²) in [6.07, 6.45) is 0. The molecular formula is C14H11ClFNO2. The van der Waals surface area contributed by atoms with Gasteiger partial charge in [0.25, 0.3) is 5.91 Å². The zero-order valence-electron chi connectivity index (χ0n) is 10.1. The molecule has 0 aliphatic heterocycles. The van der Waals surface area contributed by atoms with Crippen molar-refractivity contribution in [1.29, 1.82) is 0 Å². The van der Waals surface area contributed by atoms with Gasteiger partial charge < -0.3 is 10.4 Å². The number of carbonyl (C=O) groups is 1. The molecule has 0 heterocycles. The van der Waals surface area contributed by atoms with Crippen molar-refractivity contribution >= 4 is 23.2 Å². The van der Waals surface area contributed by atoms with Crippen molar-refractivity contribution in [2.45, 2.75) is 6.92 Å². The van der Waals surface area contributed by atoms with Crippen molar-refractivity contribution in [3.63, 3.8) is 0 Å². The lowest BCUT2D eigenvalue weighted by Crippen LogP contribution is -2.12. The molecule has 0 radical (unpaired) electrons. The summed E-state index contributed by atoms with van der Waals surface area (Å²) in [5.41, 5.74) is 0.901. The molecular weight excluding hydrogens is 269 g/mol. The zero-order valence-corrected chi connectivity index (χ0v) is 10.8. The normalized spacial score (nSPS) is 10.3. The van der Waals surface area contributed by atoms with Crippen molar-refractivity contribution in [1.82, 2.24) is 0 Å². The average molecular weight is 280 g/mol. The van der Waals surface area contributed by atoms with Crippen LogP contribution in [0.4, 0.5) is 10.1 Å². The number of nitrogens with one attached hydrogen (secondary N) is 1. The molecule has 0 aliphatic carbocycles. The van der Waals surface area contributed by atoms with Crippen LogP contribution in [0.3, 0.4) is 0 Å². The second kappa shape index (κ2) is 5.28. The average Bonchev–Trinajstić information content (AvgIpc) is 2.35. The van der Waals surface area contributed by atoms with Gasteiger partial charge in [-0.1, -0.05) is 17.7 Å². The predicted molar refractivity (Wildman–Crippen MR) is 72.2 cm³/mol. The van der Waals surface area contributed by atoms with Crippen LogP contribution in [0.1, 0.15) is 15.9 Å². The van der Waals surface area contributed by atoms with E-state index in [1.807, 2.05) is 0 Å². The fourth-order valence-corrected chi connectivity index (χ4v) is 1.93. The minimum Gasteiger partial charge on any atom is -0.505 e. The first-order chi connectivity index (χ1) is 8.97. The molecule has 0 atom stereocenters. The lowest BCUT2D eigenvalue weighted by atomic mass is 10.1. The molecule has 0 spiro atoms. The Hall–Kier alpha value is -2.07. The molecule has 2 aromatic carbocycles. The van der Waals surface area contributed by atoms with Crippen molar-refractivity contribution in [2.75, 3.05) is 5.32 Å². The number of carbonyl (C=O) groups excluding carboxylic acids is 1. The van der Waals surface area contributed by atoms with E-state index < -0.39 is 11.7 Å². The van der Waals surface area contributed by atoms with Crippen LogP contribution in [0.5, 0.6) is 5.75 Å². The number of rotatable bonds is 2. The number of phenolic OH excluding ortho intramolecular Hbond substituents is 1. The van der Waals surface area contributed by atoms with Gasteiger partial charge in [-0.2, -0.15) is 0 Å². The van der Waals surface area contributed by atoms with Crippen molar-refractivity contribution in [3.8, 4) is 5.75 Å². The number of anilines is 1. The molecule has 0 fully saturated rings. The summed E-state index contributed by atoms with van der Waals surface area (Å²) in [6.45, 7) is 1.67. The standard InChI is InChI=1S/C14H11ClFNO2/c1-8-5-10(15)7-12(13(8)18)17-14(19)9-3-2-4-11(16)6-9/h2-7,18H,1H3,(H,17,19). The smallest absolute Gasteiger partial charge is 0.255 e. The highest BCUT2D eigenvalue weighted by atomic mass is 35.5. The quantitative estimate of drug-likeness (QED) is 0.823. The van der Waals surface area contributed by atoms with Crippen molar-refractivity contribution < 1.29 is 14.3 Å². The van der Waals surface area contributed by atoms with Gasteiger partial charge in [0.2, 0.25) is 0 Å². The maximum atomic E-state index is 13.0. The number of amides is 1. The molecule has 0 aromatic heterocycles. The van der Waals surface area contributed by atoms with Gasteiger partial charge in [0.05, 0.1) is 5.69 Å². The molecule has 19 heavy (non-hydrogen) atoms. The van der Waals surface area contributed by atoms with Gasteiger partial charge in [0.15, 0.2) is 0 Å². The highest BCUT2D eigenvalue weighted by Gasteiger charge is 2.12. The van der Waals surface area contributed by atoms with Gasteiger partial charge >= 0.3 is 0 Å². The molecule has 0 aliphatic rings. The van der Waals surface area contributed by atoms with Crippen LogP contribution in [0.2, 0.25) is 5.02 Å². The lowest BCUT2D eigenvalue weighted by Gasteiger charge is -2.10. The summed E-state index contributed by atoms with van der Waals surface area (Å²) in [5, 5.41) is 12.7.